The molecule has 0 atom stereocenters. The highest BCUT2D eigenvalue weighted by Gasteiger charge is 2.54. The summed E-state index contributed by atoms with van der Waals surface area (Å²) in [5, 5.41) is 5.59. The van der Waals surface area contributed by atoms with Crippen molar-refractivity contribution >= 4 is 17.0 Å². The molecule has 1 spiro atoms. The van der Waals surface area contributed by atoms with Crippen LogP contribution in [-0.2, 0) is 18.2 Å². The fourth-order valence-electron chi connectivity index (χ4n) is 4.82. The van der Waals surface area contributed by atoms with E-state index in [9.17, 15) is 4.79 Å². The van der Waals surface area contributed by atoms with E-state index in [1.165, 1.54) is 34.9 Å². The average Bonchev–Trinajstić information content (AvgIpc) is 2.82. The maximum atomic E-state index is 12.1. The highest BCUT2D eigenvalue weighted by Crippen LogP contribution is 2.53. The van der Waals surface area contributed by atoms with E-state index in [2.05, 4.69) is 24.2 Å². The van der Waals surface area contributed by atoms with E-state index < -0.39 is 5.60 Å². The molecule has 1 saturated heterocycles. The maximum absolute atomic E-state index is 12.1. The molecule has 0 bridgehead atoms. The number of benzene rings is 1. The Morgan fingerprint density at radius 2 is 2.00 bits per heavy atom. The van der Waals surface area contributed by atoms with Gasteiger partial charge in [-0.05, 0) is 64.0 Å². The van der Waals surface area contributed by atoms with Gasteiger partial charge in [0.2, 0.25) is 0 Å². The number of ether oxygens (including phenoxy) is 1. The van der Waals surface area contributed by atoms with Gasteiger partial charge in [-0.25, -0.2) is 4.79 Å². The zero-order valence-corrected chi connectivity index (χ0v) is 16.5. The zero-order valence-electron chi connectivity index (χ0n) is 16.5. The Morgan fingerprint density at radius 3 is 2.65 bits per heavy atom. The summed E-state index contributed by atoms with van der Waals surface area (Å²) in [7, 11) is 2.01. The molecule has 2 heterocycles. The van der Waals surface area contributed by atoms with Crippen LogP contribution in [0, 0.1) is 18.3 Å². The van der Waals surface area contributed by atoms with E-state index in [-0.39, 0.29) is 6.09 Å². The summed E-state index contributed by atoms with van der Waals surface area (Å²) in [6.07, 6.45) is 5.33. The first-order chi connectivity index (χ1) is 12.2. The number of nitrogens with zero attached hydrogens (tertiary/aromatic N) is 3. The minimum atomic E-state index is -0.413. The van der Waals surface area contributed by atoms with Crippen LogP contribution < -0.4 is 0 Å². The lowest BCUT2D eigenvalue weighted by Gasteiger charge is -2.59. The van der Waals surface area contributed by atoms with E-state index in [1.54, 1.807) is 0 Å². The number of carbonyl (C=O) groups excluding carboxylic acids is 1. The molecular formula is C21H29N3O2. The van der Waals surface area contributed by atoms with Gasteiger partial charge in [0.25, 0.3) is 0 Å². The molecule has 0 unspecified atom stereocenters. The molecule has 0 N–H and O–H groups in total. The van der Waals surface area contributed by atoms with Crippen LogP contribution in [-0.4, -0.2) is 39.5 Å². The quantitative estimate of drug-likeness (QED) is 0.816. The van der Waals surface area contributed by atoms with Crippen LogP contribution in [0.15, 0.2) is 18.3 Å². The third-order valence-electron chi connectivity index (χ3n) is 5.92. The van der Waals surface area contributed by atoms with Crippen molar-refractivity contribution in [3.63, 3.8) is 0 Å². The van der Waals surface area contributed by atoms with Gasteiger partial charge in [0.15, 0.2) is 0 Å². The predicted molar refractivity (Wildman–Crippen MR) is 102 cm³/mol. The molecule has 0 radical (unpaired) electrons. The van der Waals surface area contributed by atoms with Crippen molar-refractivity contribution in [2.24, 2.45) is 18.4 Å². The van der Waals surface area contributed by atoms with E-state index in [1.807, 2.05) is 43.6 Å². The second kappa shape index (κ2) is 5.73. The van der Waals surface area contributed by atoms with Crippen LogP contribution >= 0.6 is 0 Å². The van der Waals surface area contributed by atoms with Crippen LogP contribution in [0.1, 0.15) is 44.7 Å². The lowest BCUT2D eigenvalue weighted by atomic mass is 9.56. The second-order valence-electron chi connectivity index (χ2n) is 9.37. The smallest absolute Gasteiger partial charge is 0.410 e. The minimum Gasteiger partial charge on any atom is -0.444 e. The fraction of sp³-hybridized carbons (Fsp3) is 0.619. The summed E-state index contributed by atoms with van der Waals surface area (Å²) in [5.74, 6) is 0.722. The van der Waals surface area contributed by atoms with Crippen molar-refractivity contribution in [1.29, 1.82) is 0 Å². The van der Waals surface area contributed by atoms with Crippen molar-refractivity contribution in [2.45, 2.75) is 52.6 Å². The summed E-state index contributed by atoms with van der Waals surface area (Å²) in [5.41, 5.74) is 3.98. The van der Waals surface area contributed by atoms with Crippen LogP contribution in [0.3, 0.4) is 0 Å². The molecule has 5 heteroatoms. The Bertz CT molecular complexity index is 848. The highest BCUT2D eigenvalue weighted by molar-refractivity contribution is 5.82. The minimum absolute atomic E-state index is 0.163. The molecule has 140 valence electrons. The maximum Gasteiger partial charge on any atom is 0.410 e. The number of carbonyl (C=O) groups is 1. The van der Waals surface area contributed by atoms with E-state index in [0.717, 1.165) is 25.4 Å². The molecule has 4 rings (SSSR count). The molecule has 1 saturated carbocycles. The van der Waals surface area contributed by atoms with Gasteiger partial charge in [-0.2, -0.15) is 5.10 Å². The monoisotopic (exact) mass is 355 g/mol. The molecule has 2 aromatic rings. The van der Waals surface area contributed by atoms with Crippen LogP contribution in [0.2, 0.25) is 0 Å². The Kier molecular flexibility index (Phi) is 3.83. The Labute approximate surface area is 155 Å². The number of fused-ring (bicyclic) bond motifs is 1. The van der Waals surface area contributed by atoms with Crippen molar-refractivity contribution in [3.8, 4) is 0 Å². The van der Waals surface area contributed by atoms with Gasteiger partial charge in [-0.1, -0.05) is 12.1 Å². The summed E-state index contributed by atoms with van der Waals surface area (Å²) >= 11 is 0. The normalized spacial score (nSPS) is 19.5. The molecule has 1 aliphatic heterocycles. The number of hydrogen-bond donors (Lipinski definition) is 0. The molecular weight excluding hydrogens is 326 g/mol. The van der Waals surface area contributed by atoms with Crippen molar-refractivity contribution < 1.29 is 9.53 Å². The number of aromatic nitrogens is 2. The number of rotatable bonds is 2. The summed E-state index contributed by atoms with van der Waals surface area (Å²) in [6, 6.07) is 4.45. The first-order valence-corrected chi connectivity index (χ1v) is 9.54. The highest BCUT2D eigenvalue weighted by atomic mass is 16.6. The lowest BCUT2D eigenvalue weighted by molar-refractivity contribution is -0.0947. The molecule has 26 heavy (non-hydrogen) atoms. The molecule has 1 aliphatic carbocycles. The fourth-order valence-corrected chi connectivity index (χ4v) is 4.82. The molecule has 1 aromatic heterocycles. The second-order valence-corrected chi connectivity index (χ2v) is 9.37. The summed E-state index contributed by atoms with van der Waals surface area (Å²) in [6.45, 7) is 9.68. The Balaban J connectivity index is 1.33. The van der Waals surface area contributed by atoms with Gasteiger partial charge in [-0.15, -0.1) is 0 Å². The SMILES string of the molecule is Cc1c(CC2CC3(C2)CN(C(=O)OC(C)(C)C)C3)ccc2cnn(C)c12. The zero-order chi connectivity index (χ0) is 18.7. The van der Waals surface area contributed by atoms with Crippen LogP contribution in [0.4, 0.5) is 4.79 Å². The Morgan fingerprint density at radius 1 is 1.31 bits per heavy atom. The van der Waals surface area contributed by atoms with E-state index in [4.69, 9.17) is 4.74 Å². The molecule has 1 aromatic carbocycles. The number of aryl methyl sites for hydroxylation is 2. The van der Waals surface area contributed by atoms with E-state index >= 15 is 0 Å². The third-order valence-corrected chi connectivity index (χ3v) is 5.92. The first kappa shape index (κ1) is 17.4. The van der Waals surface area contributed by atoms with Gasteiger partial charge >= 0.3 is 6.09 Å². The molecule has 5 nitrogen and oxygen atoms in total. The summed E-state index contributed by atoms with van der Waals surface area (Å²) < 4.78 is 7.44. The van der Waals surface area contributed by atoms with Gasteiger partial charge in [0.05, 0.1) is 11.7 Å². The molecule has 1 amide bonds. The Hall–Kier alpha value is -2.04. The van der Waals surface area contributed by atoms with Crippen molar-refractivity contribution in [2.75, 3.05) is 13.1 Å². The van der Waals surface area contributed by atoms with Gasteiger partial charge in [0, 0.05) is 30.9 Å². The van der Waals surface area contributed by atoms with Crippen LogP contribution in [0.25, 0.3) is 10.9 Å². The van der Waals surface area contributed by atoms with Crippen LogP contribution in [0.5, 0.6) is 0 Å². The van der Waals surface area contributed by atoms with E-state index in [0.29, 0.717) is 5.41 Å². The predicted octanol–water partition coefficient (Wildman–Crippen LogP) is 4.07. The average molecular weight is 355 g/mol. The summed E-state index contributed by atoms with van der Waals surface area (Å²) in [4.78, 5) is 14.0. The number of amides is 1. The first-order valence-electron chi connectivity index (χ1n) is 9.54. The topological polar surface area (TPSA) is 47.4 Å². The lowest BCUT2D eigenvalue weighted by Crippen LogP contribution is -2.64. The number of hydrogen-bond acceptors (Lipinski definition) is 3. The number of likely N-dealkylation sites (tertiary alicyclic amines) is 1. The van der Waals surface area contributed by atoms with Gasteiger partial charge in [-0.3, -0.25) is 4.68 Å². The van der Waals surface area contributed by atoms with Crippen molar-refractivity contribution in [1.82, 2.24) is 14.7 Å². The molecule has 2 aliphatic rings. The van der Waals surface area contributed by atoms with Gasteiger partial charge in [0.1, 0.15) is 5.60 Å². The molecule has 2 fully saturated rings. The largest absolute Gasteiger partial charge is 0.444 e. The standard InChI is InChI=1S/C21H29N3O2/c1-14-16(6-7-17-11-22-23(5)18(14)17)8-15-9-21(10-15)12-24(13-21)19(25)26-20(2,3)4/h6-7,11,15H,8-10,12-13H2,1-5H3. The van der Waals surface area contributed by atoms with Crippen molar-refractivity contribution in [3.05, 3.63) is 29.5 Å². The van der Waals surface area contributed by atoms with Gasteiger partial charge < -0.3 is 9.64 Å². The third kappa shape index (κ3) is 2.97.